The number of nitrogens with zero attached hydrogens (tertiary/aromatic N) is 4. The summed E-state index contributed by atoms with van der Waals surface area (Å²) in [6.07, 6.45) is 6.70. The minimum absolute atomic E-state index is 0.598. The lowest BCUT2D eigenvalue weighted by atomic mass is 10.2. The molecule has 5 rings (SSSR count). The number of aromatic nitrogens is 4. The van der Waals surface area contributed by atoms with Crippen LogP contribution in [0.4, 0.5) is 0 Å². The first kappa shape index (κ1) is 15.5. The third-order valence-electron chi connectivity index (χ3n) is 4.52. The second-order valence-electron chi connectivity index (χ2n) is 6.66. The van der Waals surface area contributed by atoms with E-state index in [9.17, 15) is 0 Å². The molecule has 25 heavy (non-hydrogen) atoms. The molecule has 0 saturated heterocycles. The average Bonchev–Trinajstić information content (AvgIpc) is 3.55. The van der Waals surface area contributed by atoms with E-state index in [1.54, 1.807) is 18.0 Å². The van der Waals surface area contributed by atoms with Crippen LogP contribution in [0, 0.1) is 0 Å². The number of hydrogen-bond acceptors (Lipinski definition) is 5. The van der Waals surface area contributed by atoms with Crippen molar-refractivity contribution in [3.8, 4) is 11.5 Å². The topological polar surface area (TPSA) is 56.7 Å². The van der Waals surface area contributed by atoms with Crippen molar-refractivity contribution in [1.82, 2.24) is 19.7 Å². The number of hydrogen-bond donors (Lipinski definition) is 0. The Morgan fingerprint density at radius 2 is 2.08 bits per heavy atom. The van der Waals surface area contributed by atoms with E-state index in [1.807, 2.05) is 24.3 Å². The third kappa shape index (κ3) is 3.20. The molecule has 2 saturated carbocycles. The summed E-state index contributed by atoms with van der Waals surface area (Å²) in [7, 11) is 0. The van der Waals surface area contributed by atoms with Crippen LogP contribution < -0.4 is 0 Å². The molecule has 5 nitrogen and oxygen atoms in total. The minimum Gasteiger partial charge on any atom is -0.444 e. The van der Waals surface area contributed by atoms with Crippen LogP contribution in [0.5, 0.6) is 0 Å². The molecule has 2 aliphatic carbocycles. The van der Waals surface area contributed by atoms with Crippen LogP contribution in [0.25, 0.3) is 11.5 Å². The van der Waals surface area contributed by atoms with Crippen LogP contribution in [0.15, 0.2) is 40.1 Å². The van der Waals surface area contributed by atoms with E-state index in [2.05, 4.69) is 19.7 Å². The van der Waals surface area contributed by atoms with Gasteiger partial charge in [-0.1, -0.05) is 29.4 Å². The minimum atomic E-state index is 0.598. The normalized spacial score (nSPS) is 17.2. The largest absolute Gasteiger partial charge is 0.444 e. The van der Waals surface area contributed by atoms with Crippen molar-refractivity contribution in [1.29, 1.82) is 0 Å². The highest BCUT2D eigenvalue weighted by atomic mass is 35.5. The predicted molar refractivity (Wildman–Crippen MR) is 96.8 cm³/mol. The van der Waals surface area contributed by atoms with Gasteiger partial charge in [-0.3, -0.25) is 0 Å². The Balaban J connectivity index is 1.32. The van der Waals surface area contributed by atoms with Crippen molar-refractivity contribution in [3.63, 3.8) is 0 Å². The number of benzene rings is 1. The first-order valence-electron chi connectivity index (χ1n) is 8.56. The molecule has 0 radical (unpaired) electrons. The van der Waals surface area contributed by atoms with Crippen LogP contribution in [0.2, 0.25) is 5.02 Å². The highest BCUT2D eigenvalue weighted by Crippen LogP contribution is 2.46. The van der Waals surface area contributed by atoms with E-state index in [4.69, 9.17) is 16.0 Å². The second kappa shape index (κ2) is 6.18. The van der Waals surface area contributed by atoms with Crippen molar-refractivity contribution >= 4 is 23.4 Å². The lowest BCUT2D eigenvalue weighted by Crippen LogP contribution is -2.01. The number of rotatable bonds is 6. The average molecular weight is 373 g/mol. The summed E-state index contributed by atoms with van der Waals surface area (Å²) in [6, 6.07) is 8.14. The van der Waals surface area contributed by atoms with E-state index < -0.39 is 0 Å². The molecule has 1 aromatic carbocycles. The van der Waals surface area contributed by atoms with Gasteiger partial charge in [-0.25, -0.2) is 4.98 Å². The molecule has 0 atom stereocenters. The number of halogens is 1. The van der Waals surface area contributed by atoms with Crippen molar-refractivity contribution < 1.29 is 4.42 Å². The number of oxazole rings is 1. The highest BCUT2D eigenvalue weighted by molar-refractivity contribution is 7.98. The van der Waals surface area contributed by atoms with Crippen LogP contribution in [0.1, 0.15) is 49.2 Å². The zero-order valence-corrected chi connectivity index (χ0v) is 15.1. The molecule has 7 heteroatoms. The van der Waals surface area contributed by atoms with Gasteiger partial charge in [0.25, 0.3) is 0 Å². The molecule has 0 amide bonds. The Bertz CT molecular complexity index is 913. The van der Waals surface area contributed by atoms with Crippen LogP contribution in [-0.4, -0.2) is 19.7 Å². The summed E-state index contributed by atoms with van der Waals surface area (Å²) >= 11 is 7.72. The van der Waals surface area contributed by atoms with Crippen molar-refractivity contribution in [3.05, 3.63) is 47.1 Å². The lowest BCUT2D eigenvalue weighted by Gasteiger charge is -2.07. The fourth-order valence-electron chi connectivity index (χ4n) is 2.95. The van der Waals surface area contributed by atoms with Gasteiger partial charge >= 0.3 is 0 Å². The van der Waals surface area contributed by atoms with Gasteiger partial charge in [0.2, 0.25) is 5.89 Å². The van der Waals surface area contributed by atoms with Gasteiger partial charge in [0.05, 0.1) is 5.69 Å². The Hall–Kier alpha value is -1.79. The van der Waals surface area contributed by atoms with Crippen molar-refractivity contribution in [2.75, 3.05) is 0 Å². The lowest BCUT2D eigenvalue weighted by molar-refractivity contribution is 0.573. The van der Waals surface area contributed by atoms with E-state index in [0.717, 1.165) is 22.2 Å². The van der Waals surface area contributed by atoms with Crippen LogP contribution in [-0.2, 0) is 5.75 Å². The van der Waals surface area contributed by atoms with Gasteiger partial charge in [0.1, 0.15) is 12.1 Å². The van der Waals surface area contributed by atoms with Crippen molar-refractivity contribution in [2.24, 2.45) is 0 Å². The molecule has 2 aliphatic rings. The zero-order valence-electron chi connectivity index (χ0n) is 13.6. The molecule has 0 spiro atoms. The smallest absolute Gasteiger partial charge is 0.226 e. The fraction of sp³-hybridized carbons (Fsp3) is 0.389. The summed E-state index contributed by atoms with van der Waals surface area (Å²) in [5.74, 6) is 3.13. The van der Waals surface area contributed by atoms with Gasteiger partial charge in [0.15, 0.2) is 5.16 Å². The Morgan fingerprint density at radius 3 is 2.84 bits per heavy atom. The molecule has 0 bridgehead atoms. The molecule has 128 valence electrons. The fourth-order valence-corrected chi connectivity index (χ4v) is 4.03. The zero-order chi connectivity index (χ0) is 16.8. The Morgan fingerprint density at radius 1 is 1.20 bits per heavy atom. The van der Waals surface area contributed by atoms with E-state index in [-0.39, 0.29) is 0 Å². The van der Waals surface area contributed by atoms with E-state index in [0.29, 0.717) is 22.9 Å². The third-order valence-corrected chi connectivity index (χ3v) is 5.73. The highest BCUT2D eigenvalue weighted by Gasteiger charge is 2.36. The van der Waals surface area contributed by atoms with Gasteiger partial charge in [-0.15, -0.1) is 10.2 Å². The second-order valence-corrected chi connectivity index (χ2v) is 8.04. The van der Waals surface area contributed by atoms with Gasteiger partial charge in [0, 0.05) is 28.3 Å². The molecule has 2 fully saturated rings. The molecule has 2 aromatic heterocycles. The Kier molecular flexibility index (Phi) is 3.82. The summed E-state index contributed by atoms with van der Waals surface area (Å²) in [5.41, 5.74) is 1.79. The van der Waals surface area contributed by atoms with Crippen LogP contribution >= 0.6 is 23.4 Å². The molecular weight excluding hydrogens is 356 g/mol. The first-order chi connectivity index (χ1) is 12.3. The van der Waals surface area contributed by atoms with Gasteiger partial charge in [-0.2, -0.15) is 0 Å². The molecule has 0 unspecified atom stereocenters. The predicted octanol–water partition coefficient (Wildman–Crippen LogP) is 5.09. The maximum absolute atomic E-state index is 6.04. The molecule has 0 N–H and O–H groups in total. The standard InChI is InChI=1S/C18H17ClN4OS/c19-13-3-1-2-12(8-13)17-20-14(9-24-17)10-25-18-22-21-16(11-4-5-11)23(18)15-6-7-15/h1-3,8-9,11,15H,4-7,10H2. The Labute approximate surface area is 154 Å². The maximum Gasteiger partial charge on any atom is 0.226 e. The van der Waals surface area contributed by atoms with Crippen LogP contribution in [0.3, 0.4) is 0 Å². The van der Waals surface area contributed by atoms with E-state index >= 15 is 0 Å². The van der Waals surface area contributed by atoms with Crippen molar-refractivity contribution in [2.45, 2.75) is 48.6 Å². The monoisotopic (exact) mass is 372 g/mol. The summed E-state index contributed by atoms with van der Waals surface area (Å²) < 4.78 is 7.97. The molecular formula is C18H17ClN4OS. The van der Waals surface area contributed by atoms with Gasteiger partial charge < -0.3 is 8.98 Å². The molecule has 3 aromatic rings. The van der Waals surface area contributed by atoms with Gasteiger partial charge in [-0.05, 0) is 43.9 Å². The van der Waals surface area contributed by atoms with E-state index in [1.165, 1.54) is 31.5 Å². The summed E-state index contributed by atoms with van der Waals surface area (Å²) in [4.78, 5) is 4.58. The maximum atomic E-state index is 6.04. The first-order valence-corrected chi connectivity index (χ1v) is 9.92. The number of thioether (sulfide) groups is 1. The summed E-state index contributed by atoms with van der Waals surface area (Å²) in [5, 5.41) is 10.6. The summed E-state index contributed by atoms with van der Waals surface area (Å²) in [6.45, 7) is 0. The SMILES string of the molecule is Clc1cccc(-c2nc(CSc3nnc(C4CC4)n3C3CC3)co2)c1. The quantitative estimate of drug-likeness (QED) is 0.564. The molecule has 2 heterocycles. The molecule has 0 aliphatic heterocycles.